The molecule has 0 radical (unpaired) electrons. The number of fused-ring (bicyclic) bond motifs is 3. The minimum Gasteiger partial charge on any atom is -0.493 e. The summed E-state index contributed by atoms with van der Waals surface area (Å²) in [5, 5.41) is 13.8. The number of aliphatic hydroxyl groups is 1. The van der Waals surface area contributed by atoms with Crippen LogP contribution >= 0.6 is 0 Å². The van der Waals surface area contributed by atoms with Gasteiger partial charge < -0.3 is 43.6 Å². The predicted octanol–water partition coefficient (Wildman–Crippen LogP) is 0.553. The minimum atomic E-state index is -1.53. The average molecular weight is 437 g/mol. The van der Waals surface area contributed by atoms with Gasteiger partial charge in [-0.25, -0.2) is 0 Å². The van der Waals surface area contributed by atoms with E-state index in [2.05, 4.69) is 11.9 Å². The van der Waals surface area contributed by atoms with Crippen LogP contribution in [0.25, 0.3) is 0 Å². The molecule has 0 saturated carbocycles. The van der Waals surface area contributed by atoms with Gasteiger partial charge >= 0.3 is 5.97 Å². The van der Waals surface area contributed by atoms with Crippen LogP contribution in [0.2, 0.25) is 0 Å². The van der Waals surface area contributed by atoms with Crippen molar-refractivity contribution in [1.82, 2.24) is 5.32 Å². The lowest BCUT2D eigenvalue weighted by Gasteiger charge is -2.49. The summed E-state index contributed by atoms with van der Waals surface area (Å²) in [5.74, 6) is -0.811. The molecule has 4 rings (SSSR count). The van der Waals surface area contributed by atoms with E-state index in [1.165, 1.54) is 14.0 Å². The maximum atomic E-state index is 11.7. The molecular weight excluding hydrogens is 410 g/mol. The van der Waals surface area contributed by atoms with Crippen LogP contribution in [0.15, 0.2) is 24.8 Å². The molecule has 3 aliphatic heterocycles. The topological polar surface area (TPSA) is 114 Å². The summed E-state index contributed by atoms with van der Waals surface area (Å²) in [7, 11) is 3.09. The number of methoxy groups -OCH3 is 2. The molecule has 2 saturated heterocycles. The monoisotopic (exact) mass is 437 g/mol. The Morgan fingerprint density at radius 2 is 2.06 bits per heavy atom. The van der Waals surface area contributed by atoms with Crippen LogP contribution in [-0.2, 0) is 41.1 Å². The number of benzene rings is 1. The SMILES string of the molecule is C=CCO[C@H]1O[C@@H]2CO[C@]3(OCc4cc(OC)c(OC)cc43)O[C@H]2[C@H](O)[C@H]1NC(C)=O. The molecule has 10 nitrogen and oxygen atoms in total. The Morgan fingerprint density at radius 3 is 2.74 bits per heavy atom. The Kier molecular flexibility index (Phi) is 6.20. The van der Waals surface area contributed by atoms with E-state index < -0.39 is 36.6 Å². The number of rotatable bonds is 6. The molecule has 1 amide bonds. The fourth-order valence-corrected chi connectivity index (χ4v) is 4.09. The van der Waals surface area contributed by atoms with E-state index in [9.17, 15) is 9.90 Å². The summed E-state index contributed by atoms with van der Waals surface area (Å²) in [6.45, 7) is 5.46. The van der Waals surface area contributed by atoms with Crippen molar-refractivity contribution in [2.75, 3.05) is 27.4 Å². The third kappa shape index (κ3) is 3.91. The first kappa shape index (κ1) is 22.0. The number of carbonyl (C=O) groups excluding carboxylic acids is 1. The van der Waals surface area contributed by atoms with Gasteiger partial charge in [-0.15, -0.1) is 6.58 Å². The fraction of sp³-hybridized carbons (Fsp3) is 0.571. The van der Waals surface area contributed by atoms with Gasteiger partial charge in [-0.2, -0.15) is 0 Å². The number of aliphatic hydroxyl groups excluding tert-OH is 1. The van der Waals surface area contributed by atoms with Crippen molar-refractivity contribution in [1.29, 1.82) is 0 Å². The molecule has 1 aromatic carbocycles. The lowest BCUT2D eigenvalue weighted by Crippen LogP contribution is -2.68. The molecule has 10 heteroatoms. The van der Waals surface area contributed by atoms with Gasteiger partial charge in [-0.05, 0) is 17.7 Å². The summed E-state index contributed by atoms with van der Waals surface area (Å²) in [6, 6.07) is 2.69. The first-order valence-electron chi connectivity index (χ1n) is 9.96. The van der Waals surface area contributed by atoms with Crippen molar-refractivity contribution in [3.05, 3.63) is 35.9 Å². The first-order valence-corrected chi connectivity index (χ1v) is 9.96. The van der Waals surface area contributed by atoms with Gasteiger partial charge in [0, 0.05) is 6.92 Å². The van der Waals surface area contributed by atoms with Crippen LogP contribution < -0.4 is 14.8 Å². The quantitative estimate of drug-likeness (QED) is 0.616. The van der Waals surface area contributed by atoms with Crippen LogP contribution in [0.1, 0.15) is 18.1 Å². The molecule has 2 N–H and O–H groups in total. The zero-order valence-corrected chi connectivity index (χ0v) is 17.7. The molecule has 0 aliphatic carbocycles. The van der Waals surface area contributed by atoms with Crippen molar-refractivity contribution >= 4 is 5.91 Å². The largest absolute Gasteiger partial charge is 0.493 e. The van der Waals surface area contributed by atoms with Crippen molar-refractivity contribution < 1.29 is 43.1 Å². The van der Waals surface area contributed by atoms with Crippen LogP contribution in [0.4, 0.5) is 0 Å². The zero-order chi connectivity index (χ0) is 22.2. The third-order valence-corrected chi connectivity index (χ3v) is 5.51. The minimum absolute atomic E-state index is 0.0796. The third-order valence-electron chi connectivity index (χ3n) is 5.51. The van der Waals surface area contributed by atoms with E-state index >= 15 is 0 Å². The highest BCUT2D eigenvalue weighted by Crippen LogP contribution is 2.47. The second-order valence-corrected chi connectivity index (χ2v) is 7.48. The lowest BCUT2D eigenvalue weighted by atomic mass is 9.95. The standard InChI is InChI=1S/C21H27NO9/c1-5-6-27-20-17(22-11(2)23)18(24)19-16(30-20)10-29-21(31-19)13-8-15(26-4)14(25-3)7-12(13)9-28-21/h5,7-8,16-20,24H,1,6,9-10H2,2-4H3,(H,22,23)/t16-,17-,18-,19-,20+,21+/m1/s1. The molecule has 31 heavy (non-hydrogen) atoms. The van der Waals surface area contributed by atoms with Crippen molar-refractivity contribution in [3.8, 4) is 11.5 Å². The molecular formula is C21H27NO9. The van der Waals surface area contributed by atoms with Gasteiger partial charge in [-0.3, -0.25) is 4.79 Å². The van der Waals surface area contributed by atoms with E-state index in [0.29, 0.717) is 17.1 Å². The fourth-order valence-electron chi connectivity index (χ4n) is 4.09. The van der Waals surface area contributed by atoms with Crippen molar-refractivity contribution in [3.63, 3.8) is 0 Å². The number of carbonyl (C=O) groups is 1. The normalized spacial score (nSPS) is 34.0. The average Bonchev–Trinajstić information content (AvgIpc) is 3.10. The van der Waals surface area contributed by atoms with Gasteiger partial charge in [0.15, 0.2) is 17.8 Å². The van der Waals surface area contributed by atoms with Crippen LogP contribution in [0.3, 0.4) is 0 Å². The maximum Gasteiger partial charge on any atom is 0.313 e. The van der Waals surface area contributed by atoms with Crippen molar-refractivity contribution in [2.24, 2.45) is 0 Å². The van der Waals surface area contributed by atoms with Crippen LogP contribution in [-0.4, -0.2) is 69.1 Å². The number of amides is 1. The van der Waals surface area contributed by atoms with E-state index in [1.807, 2.05) is 0 Å². The molecule has 2 fully saturated rings. The second-order valence-electron chi connectivity index (χ2n) is 7.48. The number of ether oxygens (including phenoxy) is 7. The lowest BCUT2D eigenvalue weighted by molar-refractivity contribution is -0.461. The Labute approximate surface area is 179 Å². The van der Waals surface area contributed by atoms with Gasteiger partial charge in [0.25, 0.3) is 0 Å². The molecule has 6 atom stereocenters. The molecule has 1 aromatic rings. The number of hydrogen-bond acceptors (Lipinski definition) is 9. The summed E-state index contributed by atoms with van der Waals surface area (Å²) in [5.41, 5.74) is 1.44. The molecule has 3 aliphatic rings. The zero-order valence-electron chi connectivity index (χ0n) is 17.7. The molecule has 170 valence electrons. The summed E-state index contributed by atoms with van der Waals surface area (Å²) >= 11 is 0. The highest BCUT2D eigenvalue weighted by atomic mass is 16.9. The maximum absolute atomic E-state index is 11.7. The summed E-state index contributed by atoms with van der Waals surface area (Å²) in [4.78, 5) is 11.7. The van der Waals surface area contributed by atoms with Gasteiger partial charge in [0.05, 0.1) is 39.6 Å². The van der Waals surface area contributed by atoms with Crippen molar-refractivity contribution in [2.45, 2.75) is 50.1 Å². The van der Waals surface area contributed by atoms with E-state index in [0.717, 1.165) is 5.56 Å². The van der Waals surface area contributed by atoms with Gasteiger partial charge in [-0.1, -0.05) is 6.08 Å². The van der Waals surface area contributed by atoms with Crippen LogP contribution in [0.5, 0.6) is 11.5 Å². The Bertz CT molecular complexity index is 846. The van der Waals surface area contributed by atoms with Gasteiger partial charge in [0.1, 0.15) is 24.4 Å². The van der Waals surface area contributed by atoms with E-state index in [1.54, 1.807) is 25.3 Å². The molecule has 0 aromatic heterocycles. The number of nitrogens with one attached hydrogen (secondary N) is 1. The molecule has 1 spiro atoms. The Morgan fingerprint density at radius 1 is 1.32 bits per heavy atom. The highest BCUT2D eigenvalue weighted by Gasteiger charge is 2.57. The smallest absolute Gasteiger partial charge is 0.313 e. The Balaban J connectivity index is 1.61. The highest BCUT2D eigenvalue weighted by molar-refractivity contribution is 5.73. The number of hydrogen-bond donors (Lipinski definition) is 2. The van der Waals surface area contributed by atoms with Crippen LogP contribution in [0, 0.1) is 0 Å². The Hall–Kier alpha value is -2.21. The summed E-state index contributed by atoms with van der Waals surface area (Å²) in [6.07, 6.45) is -1.94. The second kappa shape index (κ2) is 8.73. The van der Waals surface area contributed by atoms with E-state index in [-0.39, 0.29) is 25.7 Å². The van der Waals surface area contributed by atoms with Gasteiger partial charge in [0.2, 0.25) is 5.91 Å². The van der Waals surface area contributed by atoms with E-state index in [4.69, 9.17) is 33.2 Å². The molecule has 0 bridgehead atoms. The predicted molar refractivity (Wildman–Crippen MR) is 105 cm³/mol. The molecule has 3 heterocycles. The molecule has 0 unspecified atom stereocenters. The first-order chi connectivity index (χ1) is 14.9. The summed E-state index contributed by atoms with van der Waals surface area (Å²) < 4.78 is 40.4.